The van der Waals surface area contributed by atoms with Crippen LogP contribution in [0.3, 0.4) is 0 Å². The molecule has 0 bridgehead atoms. The van der Waals surface area contributed by atoms with E-state index in [1.165, 1.54) is 36.1 Å². The molecule has 214 valence electrons. The van der Waals surface area contributed by atoms with Crippen molar-refractivity contribution in [2.75, 3.05) is 6.61 Å². The van der Waals surface area contributed by atoms with Crippen LogP contribution in [0.25, 0.3) is 21.8 Å². The molecule has 1 saturated carbocycles. The molecule has 42 heavy (non-hydrogen) atoms. The SMILES string of the molecule is CCO/N=C(\CCC1CCCC1)c1ccc2c(c1)c1cc(C(=O)c3ccc(Sc4ccccc4)cc3)ccc1n2CC. The van der Waals surface area contributed by atoms with Gasteiger partial charge in [-0.3, -0.25) is 4.79 Å². The second-order valence-corrected chi connectivity index (χ2v) is 12.3. The Bertz CT molecular complexity index is 1710. The summed E-state index contributed by atoms with van der Waals surface area (Å²) in [6, 6.07) is 31.0. The number of ketones is 1. The third kappa shape index (κ3) is 6.03. The number of aryl methyl sites for hydroxylation is 1. The summed E-state index contributed by atoms with van der Waals surface area (Å²) in [5.41, 5.74) is 5.84. The Kier molecular flexibility index (Phi) is 8.76. The minimum absolute atomic E-state index is 0.0388. The highest BCUT2D eigenvalue weighted by Gasteiger charge is 2.19. The fourth-order valence-electron chi connectivity index (χ4n) is 6.26. The summed E-state index contributed by atoms with van der Waals surface area (Å²) >= 11 is 1.70. The van der Waals surface area contributed by atoms with Crippen molar-refractivity contribution in [2.24, 2.45) is 11.1 Å². The summed E-state index contributed by atoms with van der Waals surface area (Å²) in [4.78, 5) is 21.5. The van der Waals surface area contributed by atoms with Crippen molar-refractivity contribution in [3.63, 3.8) is 0 Å². The second kappa shape index (κ2) is 13.0. The van der Waals surface area contributed by atoms with E-state index < -0.39 is 0 Å². The van der Waals surface area contributed by atoms with Crippen LogP contribution in [0.2, 0.25) is 0 Å². The topological polar surface area (TPSA) is 43.6 Å². The molecular formula is C37H38N2O2S. The molecule has 0 atom stereocenters. The first-order chi connectivity index (χ1) is 20.6. The van der Waals surface area contributed by atoms with Crippen molar-refractivity contribution in [1.82, 2.24) is 4.57 Å². The van der Waals surface area contributed by atoms with Gasteiger partial charge in [0, 0.05) is 54.8 Å². The summed E-state index contributed by atoms with van der Waals surface area (Å²) in [6.07, 6.45) is 7.44. The van der Waals surface area contributed by atoms with E-state index in [2.05, 4.69) is 59.1 Å². The Morgan fingerprint density at radius 3 is 2.10 bits per heavy atom. The van der Waals surface area contributed by atoms with E-state index >= 15 is 0 Å². The molecule has 0 spiro atoms. The lowest BCUT2D eigenvalue weighted by Gasteiger charge is -2.11. The van der Waals surface area contributed by atoms with Gasteiger partial charge in [0.25, 0.3) is 0 Å². The van der Waals surface area contributed by atoms with Gasteiger partial charge >= 0.3 is 0 Å². The van der Waals surface area contributed by atoms with E-state index in [9.17, 15) is 4.79 Å². The quantitative estimate of drug-likeness (QED) is 0.0896. The molecular weight excluding hydrogens is 536 g/mol. The third-order valence-corrected chi connectivity index (χ3v) is 9.46. The van der Waals surface area contributed by atoms with Crippen LogP contribution in [-0.2, 0) is 11.4 Å². The van der Waals surface area contributed by atoms with Crippen LogP contribution in [0.1, 0.15) is 73.9 Å². The molecule has 1 aromatic heterocycles. The molecule has 1 heterocycles. The first-order valence-electron chi connectivity index (χ1n) is 15.3. The molecule has 4 aromatic carbocycles. The predicted molar refractivity (Wildman–Crippen MR) is 175 cm³/mol. The Morgan fingerprint density at radius 2 is 1.43 bits per heavy atom. The zero-order chi connectivity index (χ0) is 28.9. The third-order valence-electron chi connectivity index (χ3n) is 8.44. The van der Waals surface area contributed by atoms with Crippen LogP contribution in [0.5, 0.6) is 0 Å². The molecule has 0 unspecified atom stereocenters. The molecule has 0 N–H and O–H groups in total. The van der Waals surface area contributed by atoms with Crippen molar-refractivity contribution in [3.05, 3.63) is 108 Å². The monoisotopic (exact) mass is 574 g/mol. The number of carbonyl (C=O) groups excluding carboxylic acids is 1. The number of benzene rings is 4. The number of oxime groups is 1. The van der Waals surface area contributed by atoms with Crippen LogP contribution >= 0.6 is 11.8 Å². The lowest BCUT2D eigenvalue weighted by molar-refractivity contribution is 0.103. The molecule has 0 radical (unpaired) electrons. The molecule has 0 amide bonds. The van der Waals surface area contributed by atoms with E-state index in [1.807, 2.05) is 55.5 Å². The molecule has 6 rings (SSSR count). The summed E-state index contributed by atoms with van der Waals surface area (Å²) in [5, 5.41) is 6.81. The molecule has 5 heteroatoms. The number of nitrogens with zero attached hydrogens (tertiary/aromatic N) is 2. The highest BCUT2D eigenvalue weighted by atomic mass is 32.2. The number of hydrogen-bond acceptors (Lipinski definition) is 4. The van der Waals surface area contributed by atoms with Gasteiger partial charge in [-0.05, 0) is 99.3 Å². The van der Waals surface area contributed by atoms with E-state index in [0.717, 1.165) is 57.8 Å². The smallest absolute Gasteiger partial charge is 0.193 e. The first-order valence-corrected chi connectivity index (χ1v) is 16.1. The van der Waals surface area contributed by atoms with E-state index in [1.54, 1.807) is 11.8 Å². The lowest BCUT2D eigenvalue weighted by atomic mass is 9.96. The standard InChI is InChI=1S/C37H38N2O2S/c1-3-39-35-22-17-28(34(38-41-4-2)21-14-26-10-8-9-11-26)24-32(35)33-25-29(18-23-36(33)39)37(40)27-15-19-31(20-16-27)42-30-12-6-5-7-13-30/h5-7,12-13,15-20,22-26H,3-4,8-11,14,21H2,1-2H3/b38-34+. The summed E-state index contributed by atoms with van der Waals surface area (Å²) in [6.45, 7) is 5.56. The molecule has 4 nitrogen and oxygen atoms in total. The van der Waals surface area contributed by atoms with Gasteiger partial charge in [-0.25, -0.2) is 0 Å². The lowest BCUT2D eigenvalue weighted by Crippen LogP contribution is -2.06. The molecule has 0 aliphatic heterocycles. The van der Waals surface area contributed by atoms with Gasteiger partial charge in [-0.15, -0.1) is 0 Å². The minimum atomic E-state index is 0.0388. The highest BCUT2D eigenvalue weighted by molar-refractivity contribution is 7.99. The van der Waals surface area contributed by atoms with E-state index in [-0.39, 0.29) is 5.78 Å². The fraction of sp³-hybridized carbons (Fsp3) is 0.297. The molecule has 5 aromatic rings. The molecule has 1 aliphatic rings. The predicted octanol–water partition coefficient (Wildman–Crippen LogP) is 9.91. The van der Waals surface area contributed by atoms with Crippen LogP contribution in [0.15, 0.2) is 106 Å². The maximum Gasteiger partial charge on any atom is 0.193 e. The van der Waals surface area contributed by atoms with Gasteiger partial charge in [0.05, 0.1) is 5.71 Å². The Morgan fingerprint density at radius 1 is 0.810 bits per heavy atom. The van der Waals surface area contributed by atoms with Crippen LogP contribution in [0, 0.1) is 5.92 Å². The van der Waals surface area contributed by atoms with Crippen molar-refractivity contribution in [2.45, 2.75) is 68.7 Å². The fourth-order valence-corrected chi connectivity index (χ4v) is 7.09. The second-order valence-electron chi connectivity index (χ2n) is 11.1. The maximum absolute atomic E-state index is 13.6. The van der Waals surface area contributed by atoms with Crippen molar-refractivity contribution >= 4 is 45.1 Å². The first kappa shape index (κ1) is 28.3. The van der Waals surface area contributed by atoms with Crippen LogP contribution < -0.4 is 0 Å². The van der Waals surface area contributed by atoms with Gasteiger partial charge in [0.1, 0.15) is 6.61 Å². The molecule has 1 fully saturated rings. The van der Waals surface area contributed by atoms with Crippen LogP contribution in [-0.4, -0.2) is 22.7 Å². The van der Waals surface area contributed by atoms with Gasteiger partial charge in [0.2, 0.25) is 0 Å². The zero-order valence-corrected chi connectivity index (χ0v) is 25.3. The number of rotatable bonds is 11. The van der Waals surface area contributed by atoms with Gasteiger partial charge in [-0.2, -0.15) is 0 Å². The summed E-state index contributed by atoms with van der Waals surface area (Å²) < 4.78 is 2.33. The number of aromatic nitrogens is 1. The van der Waals surface area contributed by atoms with Gasteiger partial charge in [0.15, 0.2) is 5.78 Å². The number of fused-ring (bicyclic) bond motifs is 3. The molecule has 1 aliphatic carbocycles. The van der Waals surface area contributed by atoms with Crippen LogP contribution in [0.4, 0.5) is 0 Å². The summed E-state index contributed by atoms with van der Waals surface area (Å²) in [5.74, 6) is 0.832. The van der Waals surface area contributed by atoms with Crippen molar-refractivity contribution in [3.8, 4) is 0 Å². The van der Waals surface area contributed by atoms with E-state index in [4.69, 9.17) is 4.84 Å². The number of carbonyl (C=O) groups is 1. The Labute approximate surface area is 252 Å². The zero-order valence-electron chi connectivity index (χ0n) is 24.5. The number of hydrogen-bond donors (Lipinski definition) is 0. The largest absolute Gasteiger partial charge is 0.396 e. The van der Waals surface area contributed by atoms with E-state index in [0.29, 0.717) is 17.7 Å². The Balaban J connectivity index is 1.32. The van der Waals surface area contributed by atoms with Gasteiger partial charge < -0.3 is 9.40 Å². The van der Waals surface area contributed by atoms with Gasteiger partial charge in [-0.1, -0.05) is 66.9 Å². The Hall–Kier alpha value is -3.83. The highest BCUT2D eigenvalue weighted by Crippen LogP contribution is 2.34. The minimum Gasteiger partial charge on any atom is -0.396 e. The average Bonchev–Trinajstić information content (AvgIpc) is 3.67. The normalized spacial score (nSPS) is 14.2. The molecule has 0 saturated heterocycles. The van der Waals surface area contributed by atoms with Crippen molar-refractivity contribution in [1.29, 1.82) is 0 Å². The van der Waals surface area contributed by atoms with Crippen molar-refractivity contribution < 1.29 is 9.63 Å². The maximum atomic E-state index is 13.6. The summed E-state index contributed by atoms with van der Waals surface area (Å²) in [7, 11) is 0. The average molecular weight is 575 g/mol.